The summed E-state index contributed by atoms with van der Waals surface area (Å²) in [7, 11) is 0. The maximum absolute atomic E-state index is 11.6. The van der Waals surface area contributed by atoms with E-state index in [1.807, 2.05) is 0 Å². The van der Waals surface area contributed by atoms with Crippen LogP contribution in [-0.2, 0) is 4.79 Å². The molecule has 0 radical (unpaired) electrons. The highest BCUT2D eigenvalue weighted by Crippen LogP contribution is 2.26. The number of nitrogens with one attached hydrogen (secondary N) is 1. The molecule has 5 heteroatoms. The van der Waals surface area contributed by atoms with Gasteiger partial charge in [-0.25, -0.2) is 0 Å². The van der Waals surface area contributed by atoms with Gasteiger partial charge in [0, 0.05) is 6.42 Å². The van der Waals surface area contributed by atoms with Crippen molar-refractivity contribution in [3.63, 3.8) is 0 Å². The normalized spacial score (nSPS) is 20.4. The topological polar surface area (TPSA) is 87.7 Å². The highest BCUT2D eigenvalue weighted by Gasteiger charge is 2.18. The first-order valence-electron chi connectivity index (χ1n) is 5.90. The van der Waals surface area contributed by atoms with Crippen molar-refractivity contribution >= 4 is 11.7 Å². The largest absolute Gasteiger partial charge is 0.409 e. The predicted octanol–water partition coefficient (Wildman–Crippen LogP) is 1.21. The lowest BCUT2D eigenvalue weighted by atomic mass is 9.87. The zero-order valence-corrected chi connectivity index (χ0v) is 9.78. The van der Waals surface area contributed by atoms with Crippen molar-refractivity contribution in [3.8, 4) is 0 Å². The maximum Gasteiger partial charge on any atom is 0.220 e. The van der Waals surface area contributed by atoms with E-state index in [1.165, 1.54) is 19.3 Å². The molecule has 1 saturated carbocycles. The first kappa shape index (κ1) is 12.8. The summed E-state index contributed by atoms with van der Waals surface area (Å²) < 4.78 is 0. The SMILES string of the molecule is CC(NC(=O)CC1CCCCC1)/C(N)=N/O. The monoisotopic (exact) mass is 227 g/mol. The molecule has 4 N–H and O–H groups in total. The second kappa shape index (κ2) is 6.35. The second-order valence-electron chi connectivity index (χ2n) is 4.52. The minimum absolute atomic E-state index is 0.00833. The second-order valence-corrected chi connectivity index (χ2v) is 4.52. The van der Waals surface area contributed by atoms with Crippen molar-refractivity contribution in [2.24, 2.45) is 16.8 Å². The Balaban J connectivity index is 2.29. The highest BCUT2D eigenvalue weighted by molar-refractivity contribution is 5.89. The molecule has 0 spiro atoms. The Morgan fingerprint density at radius 2 is 2.12 bits per heavy atom. The Hall–Kier alpha value is -1.26. The number of hydrogen-bond acceptors (Lipinski definition) is 3. The van der Waals surface area contributed by atoms with Gasteiger partial charge in [-0.2, -0.15) is 0 Å². The van der Waals surface area contributed by atoms with Gasteiger partial charge in [0.2, 0.25) is 5.91 Å². The molecule has 1 aliphatic carbocycles. The van der Waals surface area contributed by atoms with Gasteiger partial charge >= 0.3 is 0 Å². The van der Waals surface area contributed by atoms with Crippen LogP contribution >= 0.6 is 0 Å². The standard InChI is InChI=1S/C11H21N3O2/c1-8(11(12)14-16)13-10(15)7-9-5-3-2-4-6-9/h8-9,16H,2-7H2,1H3,(H2,12,14)(H,13,15). The lowest BCUT2D eigenvalue weighted by molar-refractivity contribution is -0.122. The summed E-state index contributed by atoms with van der Waals surface area (Å²) in [4.78, 5) is 11.6. The summed E-state index contributed by atoms with van der Waals surface area (Å²) >= 11 is 0. The molecule has 0 bridgehead atoms. The van der Waals surface area contributed by atoms with Gasteiger partial charge < -0.3 is 16.3 Å². The van der Waals surface area contributed by atoms with Crippen LogP contribution in [-0.4, -0.2) is 23.0 Å². The maximum atomic E-state index is 11.6. The van der Waals surface area contributed by atoms with Gasteiger partial charge in [0.05, 0.1) is 6.04 Å². The molecule has 0 aromatic rings. The molecule has 92 valence electrons. The van der Waals surface area contributed by atoms with E-state index in [-0.39, 0.29) is 11.7 Å². The molecule has 1 unspecified atom stereocenters. The lowest BCUT2D eigenvalue weighted by Crippen LogP contribution is -2.42. The van der Waals surface area contributed by atoms with E-state index < -0.39 is 6.04 Å². The van der Waals surface area contributed by atoms with Crippen LogP contribution in [0.25, 0.3) is 0 Å². The Labute approximate surface area is 96.1 Å². The van der Waals surface area contributed by atoms with E-state index in [0.717, 1.165) is 12.8 Å². The van der Waals surface area contributed by atoms with E-state index in [0.29, 0.717) is 12.3 Å². The van der Waals surface area contributed by atoms with Crippen molar-refractivity contribution in [3.05, 3.63) is 0 Å². The zero-order chi connectivity index (χ0) is 12.0. The third kappa shape index (κ3) is 4.08. The van der Waals surface area contributed by atoms with Crippen LogP contribution in [0.5, 0.6) is 0 Å². The molecular weight excluding hydrogens is 206 g/mol. The van der Waals surface area contributed by atoms with Gasteiger partial charge in [0.25, 0.3) is 0 Å². The van der Waals surface area contributed by atoms with Crippen LogP contribution in [0.3, 0.4) is 0 Å². The number of amides is 1. The number of rotatable bonds is 4. The summed E-state index contributed by atoms with van der Waals surface area (Å²) in [6.07, 6.45) is 6.60. The molecule has 1 aliphatic rings. The average Bonchev–Trinajstić information content (AvgIpc) is 2.29. The first-order valence-corrected chi connectivity index (χ1v) is 5.90. The van der Waals surface area contributed by atoms with Gasteiger partial charge in [-0.05, 0) is 25.7 Å². The Morgan fingerprint density at radius 1 is 1.50 bits per heavy atom. The van der Waals surface area contributed by atoms with Crippen LogP contribution in [0.15, 0.2) is 5.16 Å². The summed E-state index contributed by atoms with van der Waals surface area (Å²) in [6.45, 7) is 1.70. The Morgan fingerprint density at radius 3 is 2.69 bits per heavy atom. The van der Waals surface area contributed by atoms with Crippen LogP contribution in [0.1, 0.15) is 45.4 Å². The minimum Gasteiger partial charge on any atom is -0.409 e. The summed E-state index contributed by atoms with van der Waals surface area (Å²) in [5.74, 6) is 0.538. The predicted molar refractivity (Wildman–Crippen MR) is 62.2 cm³/mol. The number of nitrogens with zero attached hydrogens (tertiary/aromatic N) is 1. The zero-order valence-electron chi connectivity index (χ0n) is 9.78. The van der Waals surface area contributed by atoms with Gasteiger partial charge in [0.15, 0.2) is 5.84 Å². The third-order valence-corrected chi connectivity index (χ3v) is 3.14. The first-order chi connectivity index (χ1) is 7.63. The van der Waals surface area contributed by atoms with Crippen molar-refractivity contribution in [1.82, 2.24) is 5.32 Å². The van der Waals surface area contributed by atoms with Crippen LogP contribution in [0, 0.1) is 5.92 Å². The van der Waals surface area contributed by atoms with Crippen molar-refractivity contribution < 1.29 is 10.0 Å². The molecule has 0 heterocycles. The van der Waals surface area contributed by atoms with Gasteiger partial charge in [-0.15, -0.1) is 0 Å². The van der Waals surface area contributed by atoms with Gasteiger partial charge in [-0.1, -0.05) is 24.4 Å². The summed E-state index contributed by atoms with van der Waals surface area (Å²) in [5, 5.41) is 14.0. The Kier molecular flexibility index (Phi) is 5.08. The number of hydrogen-bond donors (Lipinski definition) is 3. The third-order valence-electron chi connectivity index (χ3n) is 3.14. The molecule has 1 amide bonds. The molecule has 1 fully saturated rings. The number of carbonyl (C=O) groups excluding carboxylic acids is 1. The van der Waals surface area contributed by atoms with Gasteiger partial charge in [-0.3, -0.25) is 4.79 Å². The van der Waals surface area contributed by atoms with E-state index in [4.69, 9.17) is 10.9 Å². The fraction of sp³-hybridized carbons (Fsp3) is 0.818. The molecule has 0 saturated heterocycles. The summed E-state index contributed by atoms with van der Waals surface area (Å²) in [5.41, 5.74) is 5.38. The molecule has 1 atom stereocenters. The van der Waals surface area contributed by atoms with E-state index >= 15 is 0 Å². The lowest BCUT2D eigenvalue weighted by Gasteiger charge is -2.21. The summed E-state index contributed by atoms with van der Waals surface area (Å²) in [6, 6.07) is -0.402. The molecule has 5 nitrogen and oxygen atoms in total. The smallest absolute Gasteiger partial charge is 0.220 e. The molecule has 16 heavy (non-hydrogen) atoms. The number of oxime groups is 1. The fourth-order valence-electron chi connectivity index (χ4n) is 2.11. The van der Waals surface area contributed by atoms with E-state index in [2.05, 4.69) is 10.5 Å². The van der Waals surface area contributed by atoms with E-state index in [9.17, 15) is 4.79 Å². The molecule has 1 rings (SSSR count). The van der Waals surface area contributed by atoms with Crippen LogP contribution < -0.4 is 11.1 Å². The number of nitrogens with two attached hydrogens (primary N) is 1. The average molecular weight is 227 g/mol. The van der Waals surface area contributed by atoms with Gasteiger partial charge in [0.1, 0.15) is 0 Å². The molecule has 0 aliphatic heterocycles. The molecular formula is C11H21N3O2. The van der Waals surface area contributed by atoms with Crippen LogP contribution in [0.4, 0.5) is 0 Å². The molecule has 0 aromatic heterocycles. The van der Waals surface area contributed by atoms with Crippen LogP contribution in [0.2, 0.25) is 0 Å². The van der Waals surface area contributed by atoms with Crippen molar-refractivity contribution in [2.45, 2.75) is 51.5 Å². The minimum atomic E-state index is -0.402. The van der Waals surface area contributed by atoms with Crippen molar-refractivity contribution in [1.29, 1.82) is 0 Å². The quantitative estimate of drug-likeness (QED) is 0.292. The number of amidine groups is 1. The fourth-order valence-corrected chi connectivity index (χ4v) is 2.11. The van der Waals surface area contributed by atoms with Crippen molar-refractivity contribution in [2.75, 3.05) is 0 Å². The number of carbonyl (C=O) groups is 1. The Bertz CT molecular complexity index is 260. The highest BCUT2D eigenvalue weighted by atomic mass is 16.4. The van der Waals surface area contributed by atoms with E-state index in [1.54, 1.807) is 6.92 Å². The molecule has 0 aromatic carbocycles.